The van der Waals surface area contributed by atoms with E-state index in [0.29, 0.717) is 6.42 Å². The topological polar surface area (TPSA) is 20.3 Å². The van der Waals surface area contributed by atoms with Crippen LogP contribution in [0.15, 0.2) is 24.3 Å². The molecule has 0 unspecified atom stereocenters. The van der Waals surface area contributed by atoms with Crippen LogP contribution in [0.3, 0.4) is 0 Å². The maximum absolute atomic E-state index is 12.1. The van der Waals surface area contributed by atoms with E-state index in [9.17, 15) is 4.79 Å². The quantitative estimate of drug-likeness (QED) is 0.765. The van der Waals surface area contributed by atoms with Gasteiger partial charge in [-0.1, -0.05) is 31.2 Å². The van der Waals surface area contributed by atoms with Gasteiger partial charge in [-0.25, -0.2) is 0 Å². The van der Waals surface area contributed by atoms with E-state index in [2.05, 4.69) is 45.0 Å². The molecule has 0 aromatic heterocycles. The van der Waals surface area contributed by atoms with Crippen LogP contribution >= 0.6 is 0 Å². The molecule has 1 aromatic rings. The summed E-state index contributed by atoms with van der Waals surface area (Å²) >= 11 is 0. The Balaban J connectivity index is 2.28. The molecule has 1 aliphatic rings. The third kappa shape index (κ3) is 2.36. The zero-order valence-corrected chi connectivity index (χ0v) is 11.0. The van der Waals surface area contributed by atoms with Crippen LogP contribution in [0.2, 0.25) is 0 Å². The fourth-order valence-electron chi connectivity index (χ4n) is 2.60. The minimum Gasteiger partial charge on any atom is -0.333 e. The number of hydrogen-bond acceptors (Lipinski definition) is 1. The van der Waals surface area contributed by atoms with Crippen molar-refractivity contribution in [1.29, 1.82) is 0 Å². The van der Waals surface area contributed by atoms with Crippen LogP contribution in [0, 0.1) is 0 Å². The summed E-state index contributed by atoms with van der Waals surface area (Å²) in [6, 6.07) is 8.45. The second-order valence-corrected chi connectivity index (χ2v) is 5.49. The van der Waals surface area contributed by atoms with Crippen LogP contribution in [0.5, 0.6) is 0 Å². The number of rotatable bonds is 2. The Labute approximate surface area is 104 Å². The SMILES string of the molecule is CCCC(=O)N1Cc2ccccc2CC1(C)C. The van der Waals surface area contributed by atoms with Crippen molar-refractivity contribution in [3.05, 3.63) is 35.4 Å². The van der Waals surface area contributed by atoms with Crippen molar-refractivity contribution >= 4 is 5.91 Å². The van der Waals surface area contributed by atoms with Gasteiger partial charge >= 0.3 is 0 Å². The molecule has 2 heteroatoms. The lowest BCUT2D eigenvalue weighted by Gasteiger charge is -2.43. The third-order valence-corrected chi connectivity index (χ3v) is 3.57. The van der Waals surface area contributed by atoms with Crippen molar-refractivity contribution in [3.8, 4) is 0 Å². The lowest BCUT2D eigenvalue weighted by molar-refractivity contribution is -0.138. The van der Waals surface area contributed by atoms with Crippen LogP contribution in [-0.2, 0) is 17.8 Å². The first-order chi connectivity index (χ1) is 8.04. The lowest BCUT2D eigenvalue weighted by Crippen LogP contribution is -2.51. The number of nitrogens with zero attached hydrogens (tertiary/aromatic N) is 1. The largest absolute Gasteiger partial charge is 0.333 e. The highest BCUT2D eigenvalue weighted by Gasteiger charge is 2.34. The standard InChI is InChI=1S/C15H21NO/c1-4-7-14(17)16-11-13-9-6-5-8-12(13)10-15(16,2)3/h5-6,8-9H,4,7,10-11H2,1-3H3. The van der Waals surface area contributed by atoms with Crippen LogP contribution in [0.1, 0.15) is 44.7 Å². The molecule has 92 valence electrons. The van der Waals surface area contributed by atoms with E-state index in [0.717, 1.165) is 19.4 Å². The third-order valence-electron chi connectivity index (χ3n) is 3.57. The van der Waals surface area contributed by atoms with E-state index in [1.807, 2.05) is 4.90 Å². The Morgan fingerprint density at radius 3 is 2.59 bits per heavy atom. The molecule has 2 rings (SSSR count). The summed E-state index contributed by atoms with van der Waals surface area (Å²) in [5.74, 6) is 0.284. The van der Waals surface area contributed by atoms with Crippen molar-refractivity contribution < 1.29 is 4.79 Å². The summed E-state index contributed by atoms with van der Waals surface area (Å²) in [5, 5.41) is 0. The summed E-state index contributed by atoms with van der Waals surface area (Å²) in [7, 11) is 0. The maximum atomic E-state index is 12.1. The maximum Gasteiger partial charge on any atom is 0.223 e. The first-order valence-electron chi connectivity index (χ1n) is 6.42. The second-order valence-electron chi connectivity index (χ2n) is 5.49. The van der Waals surface area contributed by atoms with Gasteiger partial charge in [0.2, 0.25) is 5.91 Å². The first kappa shape index (κ1) is 12.2. The fraction of sp³-hybridized carbons (Fsp3) is 0.533. The van der Waals surface area contributed by atoms with Crippen LogP contribution in [0.25, 0.3) is 0 Å². The number of amides is 1. The van der Waals surface area contributed by atoms with E-state index < -0.39 is 0 Å². The molecule has 2 nitrogen and oxygen atoms in total. The number of carbonyl (C=O) groups excluding carboxylic acids is 1. The molecule has 0 N–H and O–H groups in total. The first-order valence-corrected chi connectivity index (χ1v) is 6.42. The molecule has 17 heavy (non-hydrogen) atoms. The minimum absolute atomic E-state index is 0.0550. The van der Waals surface area contributed by atoms with E-state index in [1.54, 1.807) is 0 Å². The Morgan fingerprint density at radius 2 is 1.94 bits per heavy atom. The Hall–Kier alpha value is -1.31. The smallest absolute Gasteiger partial charge is 0.223 e. The van der Waals surface area contributed by atoms with Gasteiger partial charge in [0.25, 0.3) is 0 Å². The van der Waals surface area contributed by atoms with E-state index >= 15 is 0 Å². The minimum atomic E-state index is -0.0550. The highest BCUT2D eigenvalue weighted by molar-refractivity contribution is 5.77. The number of carbonyl (C=O) groups is 1. The molecule has 1 amide bonds. The molecule has 0 atom stereocenters. The molecule has 0 radical (unpaired) electrons. The van der Waals surface area contributed by atoms with Crippen LogP contribution in [0.4, 0.5) is 0 Å². The molecule has 0 bridgehead atoms. The average Bonchev–Trinajstić information content (AvgIpc) is 2.27. The van der Waals surface area contributed by atoms with E-state index in [-0.39, 0.29) is 11.4 Å². The zero-order valence-electron chi connectivity index (χ0n) is 11.0. The average molecular weight is 231 g/mol. The van der Waals surface area contributed by atoms with Crippen molar-refractivity contribution in [2.75, 3.05) is 0 Å². The molecule has 0 saturated carbocycles. The Kier molecular flexibility index (Phi) is 3.23. The van der Waals surface area contributed by atoms with Crippen LogP contribution in [-0.4, -0.2) is 16.3 Å². The van der Waals surface area contributed by atoms with Crippen molar-refractivity contribution in [2.45, 2.75) is 52.1 Å². The van der Waals surface area contributed by atoms with Crippen molar-refractivity contribution in [3.63, 3.8) is 0 Å². The zero-order chi connectivity index (χ0) is 12.5. The van der Waals surface area contributed by atoms with Gasteiger partial charge in [-0.15, -0.1) is 0 Å². The molecular weight excluding hydrogens is 210 g/mol. The molecule has 1 heterocycles. The van der Waals surface area contributed by atoms with Gasteiger partial charge in [0, 0.05) is 18.5 Å². The Bertz CT molecular complexity index is 423. The number of benzene rings is 1. The van der Waals surface area contributed by atoms with Crippen molar-refractivity contribution in [1.82, 2.24) is 4.90 Å². The highest BCUT2D eigenvalue weighted by atomic mass is 16.2. The molecular formula is C15H21NO. The van der Waals surface area contributed by atoms with Crippen molar-refractivity contribution in [2.24, 2.45) is 0 Å². The molecule has 0 aliphatic carbocycles. The summed E-state index contributed by atoms with van der Waals surface area (Å²) in [5.41, 5.74) is 2.63. The van der Waals surface area contributed by atoms with E-state index in [1.165, 1.54) is 11.1 Å². The monoisotopic (exact) mass is 231 g/mol. The van der Waals surface area contributed by atoms with Gasteiger partial charge < -0.3 is 4.90 Å². The normalized spacial score (nSPS) is 17.7. The highest BCUT2D eigenvalue weighted by Crippen LogP contribution is 2.31. The number of fused-ring (bicyclic) bond motifs is 1. The predicted molar refractivity (Wildman–Crippen MR) is 69.7 cm³/mol. The summed E-state index contributed by atoms with van der Waals surface area (Å²) in [4.78, 5) is 14.2. The summed E-state index contributed by atoms with van der Waals surface area (Å²) in [6.07, 6.45) is 2.54. The molecule has 0 spiro atoms. The van der Waals surface area contributed by atoms with Gasteiger partial charge in [-0.2, -0.15) is 0 Å². The van der Waals surface area contributed by atoms with Gasteiger partial charge in [0.05, 0.1) is 0 Å². The van der Waals surface area contributed by atoms with Gasteiger partial charge in [-0.05, 0) is 37.8 Å². The molecule has 1 aliphatic heterocycles. The summed E-state index contributed by atoms with van der Waals surface area (Å²) in [6.45, 7) is 7.15. The van der Waals surface area contributed by atoms with Crippen LogP contribution < -0.4 is 0 Å². The predicted octanol–water partition coefficient (Wildman–Crippen LogP) is 3.15. The second kappa shape index (κ2) is 4.52. The number of hydrogen-bond donors (Lipinski definition) is 0. The van der Waals surface area contributed by atoms with Gasteiger partial charge in [-0.3, -0.25) is 4.79 Å². The fourth-order valence-corrected chi connectivity index (χ4v) is 2.60. The van der Waals surface area contributed by atoms with Gasteiger partial charge in [0.1, 0.15) is 0 Å². The lowest BCUT2D eigenvalue weighted by atomic mass is 9.85. The summed E-state index contributed by atoms with van der Waals surface area (Å²) < 4.78 is 0. The molecule has 0 saturated heterocycles. The molecule has 0 fully saturated rings. The van der Waals surface area contributed by atoms with E-state index in [4.69, 9.17) is 0 Å². The van der Waals surface area contributed by atoms with Gasteiger partial charge in [0.15, 0.2) is 0 Å². The Morgan fingerprint density at radius 1 is 1.29 bits per heavy atom. The molecule has 1 aromatic carbocycles.